The van der Waals surface area contributed by atoms with E-state index in [1.807, 2.05) is 36.5 Å². The summed E-state index contributed by atoms with van der Waals surface area (Å²) in [6.07, 6.45) is 3.76. The van der Waals surface area contributed by atoms with Crippen LogP contribution in [0.5, 0.6) is 0 Å². The second kappa shape index (κ2) is 7.66. The molecule has 1 aromatic heterocycles. The molecule has 0 saturated heterocycles. The zero-order valence-corrected chi connectivity index (χ0v) is 14.6. The maximum absolute atomic E-state index is 6.03. The van der Waals surface area contributed by atoms with Crippen LogP contribution >= 0.6 is 0 Å². The topological polar surface area (TPSA) is 68.2 Å². The number of imidazole rings is 1. The van der Waals surface area contributed by atoms with Crippen molar-refractivity contribution in [1.82, 2.24) is 9.55 Å². The molecular formula is C20H23N5. The molecule has 0 bridgehead atoms. The predicted octanol–water partition coefficient (Wildman–Crippen LogP) is 3.48. The van der Waals surface area contributed by atoms with Crippen LogP contribution in [0.1, 0.15) is 22.5 Å². The van der Waals surface area contributed by atoms with Crippen molar-refractivity contribution in [3.63, 3.8) is 0 Å². The Morgan fingerprint density at radius 3 is 2.56 bits per heavy atom. The number of benzene rings is 2. The zero-order chi connectivity index (χ0) is 17.6. The first-order valence-electron chi connectivity index (χ1n) is 8.29. The van der Waals surface area contributed by atoms with Gasteiger partial charge in [0, 0.05) is 24.6 Å². The van der Waals surface area contributed by atoms with Crippen molar-refractivity contribution in [2.75, 3.05) is 5.32 Å². The van der Waals surface area contributed by atoms with Crippen molar-refractivity contribution in [3.05, 3.63) is 83.4 Å². The van der Waals surface area contributed by atoms with Crippen molar-refractivity contribution in [2.24, 2.45) is 10.7 Å². The van der Waals surface area contributed by atoms with E-state index < -0.39 is 0 Å². The van der Waals surface area contributed by atoms with Gasteiger partial charge in [0.15, 0.2) is 5.96 Å². The Kier molecular flexibility index (Phi) is 5.14. The molecule has 0 saturated carbocycles. The monoisotopic (exact) mass is 333 g/mol. The molecule has 3 N–H and O–H groups in total. The Hall–Kier alpha value is -3.08. The maximum Gasteiger partial charge on any atom is 0.193 e. The minimum absolute atomic E-state index is 0.388. The van der Waals surface area contributed by atoms with Gasteiger partial charge < -0.3 is 15.6 Å². The van der Waals surface area contributed by atoms with Crippen LogP contribution in [0.3, 0.4) is 0 Å². The molecular weight excluding hydrogens is 310 g/mol. The number of aromatic nitrogens is 2. The summed E-state index contributed by atoms with van der Waals surface area (Å²) in [6, 6.07) is 16.5. The molecule has 0 radical (unpaired) electrons. The molecule has 0 aliphatic carbocycles. The van der Waals surface area contributed by atoms with Crippen molar-refractivity contribution in [2.45, 2.75) is 26.9 Å². The molecule has 0 amide bonds. The molecule has 0 fully saturated rings. The van der Waals surface area contributed by atoms with Crippen LogP contribution in [-0.4, -0.2) is 15.5 Å². The summed E-state index contributed by atoms with van der Waals surface area (Å²) in [7, 11) is 0. The number of nitrogens with one attached hydrogen (secondary N) is 1. The van der Waals surface area contributed by atoms with Crippen molar-refractivity contribution in [3.8, 4) is 0 Å². The lowest BCUT2D eigenvalue weighted by Gasteiger charge is -2.09. The minimum atomic E-state index is 0.388. The smallest absolute Gasteiger partial charge is 0.193 e. The van der Waals surface area contributed by atoms with Gasteiger partial charge in [-0.25, -0.2) is 9.98 Å². The summed E-state index contributed by atoms with van der Waals surface area (Å²) < 4.78 is 2.09. The van der Waals surface area contributed by atoms with Crippen LogP contribution in [0.15, 0.2) is 65.9 Å². The Labute approximate surface area is 148 Å². The molecule has 0 unspecified atom stereocenters. The molecule has 128 valence electrons. The summed E-state index contributed by atoms with van der Waals surface area (Å²) in [5.74, 6) is 1.27. The van der Waals surface area contributed by atoms with Gasteiger partial charge in [0.1, 0.15) is 12.4 Å². The van der Waals surface area contributed by atoms with E-state index in [1.165, 1.54) is 16.7 Å². The van der Waals surface area contributed by atoms with E-state index in [2.05, 4.69) is 51.9 Å². The third kappa shape index (κ3) is 4.70. The van der Waals surface area contributed by atoms with Crippen LogP contribution in [0, 0.1) is 13.8 Å². The van der Waals surface area contributed by atoms with E-state index in [0.717, 1.165) is 18.1 Å². The number of aryl methyl sites for hydroxylation is 2. The van der Waals surface area contributed by atoms with E-state index in [4.69, 9.17) is 5.73 Å². The molecule has 0 aliphatic heterocycles. The molecule has 0 atom stereocenters. The third-order valence-corrected chi connectivity index (χ3v) is 3.88. The zero-order valence-electron chi connectivity index (χ0n) is 14.6. The Bertz CT molecular complexity index is 845. The standard InChI is InChI=1S/C20H23N5/c1-15-10-16(2)12-18(11-15)24-20(21)23-13-19-22-8-9-25(19)14-17-6-4-3-5-7-17/h3-12H,13-14H2,1-2H3,(H3,21,23,24). The quantitative estimate of drug-likeness (QED) is 0.555. The van der Waals surface area contributed by atoms with E-state index in [1.54, 1.807) is 6.20 Å². The lowest BCUT2D eigenvalue weighted by atomic mass is 10.1. The molecule has 25 heavy (non-hydrogen) atoms. The summed E-state index contributed by atoms with van der Waals surface area (Å²) in [5, 5.41) is 3.15. The molecule has 1 heterocycles. The first-order valence-corrected chi connectivity index (χ1v) is 8.29. The van der Waals surface area contributed by atoms with Crippen LogP contribution in [0.25, 0.3) is 0 Å². The highest BCUT2D eigenvalue weighted by Crippen LogP contribution is 2.13. The normalized spacial score (nSPS) is 11.5. The fourth-order valence-electron chi connectivity index (χ4n) is 2.81. The van der Waals surface area contributed by atoms with Gasteiger partial charge in [-0.3, -0.25) is 0 Å². The molecule has 2 aromatic carbocycles. The highest BCUT2D eigenvalue weighted by atomic mass is 15.1. The minimum Gasteiger partial charge on any atom is -0.370 e. The fourth-order valence-corrected chi connectivity index (χ4v) is 2.81. The largest absolute Gasteiger partial charge is 0.370 e. The predicted molar refractivity (Wildman–Crippen MR) is 103 cm³/mol. The van der Waals surface area contributed by atoms with Gasteiger partial charge in [0.25, 0.3) is 0 Å². The number of hydrogen-bond donors (Lipinski definition) is 2. The van der Waals surface area contributed by atoms with Crippen LogP contribution < -0.4 is 11.1 Å². The van der Waals surface area contributed by atoms with Crippen molar-refractivity contribution >= 4 is 11.6 Å². The van der Waals surface area contributed by atoms with Gasteiger partial charge in [-0.2, -0.15) is 0 Å². The lowest BCUT2D eigenvalue weighted by molar-refractivity contribution is 0.724. The average Bonchev–Trinajstić information content (AvgIpc) is 3.00. The van der Waals surface area contributed by atoms with Crippen LogP contribution in [0.4, 0.5) is 5.69 Å². The Morgan fingerprint density at radius 2 is 1.84 bits per heavy atom. The highest BCUT2D eigenvalue weighted by Gasteiger charge is 2.04. The highest BCUT2D eigenvalue weighted by molar-refractivity contribution is 5.92. The summed E-state index contributed by atoms with van der Waals surface area (Å²) in [5.41, 5.74) is 10.6. The molecule has 5 heteroatoms. The number of guanidine groups is 1. The van der Waals surface area contributed by atoms with Crippen molar-refractivity contribution < 1.29 is 0 Å². The number of aliphatic imine (C=N–C) groups is 1. The van der Waals surface area contributed by atoms with Gasteiger partial charge >= 0.3 is 0 Å². The molecule has 3 aromatic rings. The number of nitrogens with two attached hydrogens (primary N) is 1. The summed E-state index contributed by atoms with van der Waals surface area (Å²) in [6.45, 7) is 5.33. The number of anilines is 1. The molecule has 5 nitrogen and oxygen atoms in total. The maximum atomic E-state index is 6.03. The van der Waals surface area contributed by atoms with Crippen LogP contribution in [-0.2, 0) is 13.1 Å². The Morgan fingerprint density at radius 1 is 1.12 bits per heavy atom. The number of rotatable bonds is 5. The first kappa shape index (κ1) is 16.8. The Balaban J connectivity index is 1.66. The summed E-state index contributed by atoms with van der Waals surface area (Å²) >= 11 is 0. The first-order chi connectivity index (χ1) is 12.1. The fraction of sp³-hybridized carbons (Fsp3) is 0.200. The molecule has 3 rings (SSSR count). The van der Waals surface area contributed by atoms with Crippen molar-refractivity contribution in [1.29, 1.82) is 0 Å². The lowest BCUT2D eigenvalue weighted by Crippen LogP contribution is -2.23. The average molecular weight is 333 g/mol. The molecule has 0 aliphatic rings. The SMILES string of the molecule is Cc1cc(C)cc(NC(N)=NCc2nccn2Cc2ccccc2)c1. The van der Waals surface area contributed by atoms with Gasteiger partial charge in [0.05, 0.1) is 0 Å². The second-order valence-corrected chi connectivity index (χ2v) is 6.16. The number of hydrogen-bond acceptors (Lipinski definition) is 2. The second-order valence-electron chi connectivity index (χ2n) is 6.16. The van der Waals surface area contributed by atoms with E-state index >= 15 is 0 Å². The third-order valence-electron chi connectivity index (χ3n) is 3.88. The van der Waals surface area contributed by atoms with E-state index in [0.29, 0.717) is 12.5 Å². The van der Waals surface area contributed by atoms with E-state index in [9.17, 15) is 0 Å². The van der Waals surface area contributed by atoms with E-state index in [-0.39, 0.29) is 0 Å². The number of nitrogens with zero attached hydrogens (tertiary/aromatic N) is 3. The van der Waals surface area contributed by atoms with Gasteiger partial charge in [-0.05, 0) is 42.7 Å². The van der Waals surface area contributed by atoms with Gasteiger partial charge in [-0.1, -0.05) is 36.4 Å². The van der Waals surface area contributed by atoms with Gasteiger partial charge in [0.2, 0.25) is 0 Å². The summed E-state index contributed by atoms with van der Waals surface area (Å²) in [4.78, 5) is 8.82. The van der Waals surface area contributed by atoms with Crippen LogP contribution in [0.2, 0.25) is 0 Å². The molecule has 0 spiro atoms. The van der Waals surface area contributed by atoms with Gasteiger partial charge in [-0.15, -0.1) is 0 Å².